The summed E-state index contributed by atoms with van der Waals surface area (Å²) in [6.45, 7) is 1.55. The van der Waals surface area contributed by atoms with Crippen LogP contribution in [-0.4, -0.2) is 31.2 Å². The summed E-state index contributed by atoms with van der Waals surface area (Å²) >= 11 is 5.94. The third-order valence-electron chi connectivity index (χ3n) is 3.59. The van der Waals surface area contributed by atoms with Crippen molar-refractivity contribution in [1.82, 2.24) is 5.32 Å². The Morgan fingerprint density at radius 2 is 2.37 bits per heavy atom. The average molecular weight is 283 g/mol. The van der Waals surface area contributed by atoms with Crippen molar-refractivity contribution < 1.29 is 9.90 Å². The zero-order valence-corrected chi connectivity index (χ0v) is 11.8. The Kier molecular flexibility index (Phi) is 4.66. The van der Waals surface area contributed by atoms with Gasteiger partial charge in [0.1, 0.15) is 0 Å². The number of aliphatic hydroxyl groups is 1. The summed E-state index contributed by atoms with van der Waals surface area (Å²) in [7, 11) is 1.67. The predicted octanol–water partition coefficient (Wildman–Crippen LogP) is 1.79. The van der Waals surface area contributed by atoms with Gasteiger partial charge in [-0.25, -0.2) is 0 Å². The van der Waals surface area contributed by atoms with Gasteiger partial charge in [0.2, 0.25) is 5.91 Å². The predicted molar refractivity (Wildman–Crippen MR) is 76.4 cm³/mol. The molecule has 0 spiro atoms. The smallest absolute Gasteiger partial charge is 0.224 e. The molecule has 1 fully saturated rings. The Bertz CT molecular complexity index is 465. The Hall–Kier alpha value is -1.26. The van der Waals surface area contributed by atoms with Crippen molar-refractivity contribution in [3.63, 3.8) is 0 Å². The summed E-state index contributed by atoms with van der Waals surface area (Å²) in [6, 6.07) is 5.51. The second-order valence-electron chi connectivity index (χ2n) is 4.83. The molecule has 1 aliphatic heterocycles. The minimum atomic E-state index is -0.0446. The minimum absolute atomic E-state index is 0.0148. The molecular formula is C14H19ClN2O2. The molecule has 0 aliphatic carbocycles. The molecule has 2 N–H and O–H groups in total. The first-order valence-corrected chi connectivity index (χ1v) is 6.89. The van der Waals surface area contributed by atoms with E-state index < -0.39 is 0 Å². The van der Waals surface area contributed by atoms with Gasteiger partial charge in [-0.15, -0.1) is 0 Å². The van der Waals surface area contributed by atoms with Crippen molar-refractivity contribution in [2.45, 2.75) is 19.4 Å². The highest BCUT2D eigenvalue weighted by Gasteiger charge is 2.26. The lowest BCUT2D eigenvalue weighted by molar-refractivity contribution is -0.124. The molecule has 0 bridgehead atoms. The molecule has 1 amide bonds. The van der Waals surface area contributed by atoms with Crippen molar-refractivity contribution in [2.75, 3.05) is 25.0 Å². The second kappa shape index (κ2) is 6.26. The molecule has 1 aromatic carbocycles. The second-order valence-corrected chi connectivity index (χ2v) is 5.27. The third kappa shape index (κ3) is 3.19. The molecule has 1 heterocycles. The van der Waals surface area contributed by atoms with Gasteiger partial charge >= 0.3 is 0 Å². The summed E-state index contributed by atoms with van der Waals surface area (Å²) in [5.74, 6) is 0.102. The number of halogens is 1. The van der Waals surface area contributed by atoms with Crippen molar-refractivity contribution in [1.29, 1.82) is 0 Å². The molecule has 1 aliphatic rings. The van der Waals surface area contributed by atoms with E-state index in [4.69, 9.17) is 11.6 Å². The van der Waals surface area contributed by atoms with Gasteiger partial charge in [0.05, 0.1) is 12.5 Å². The SMILES string of the molecule is CNC(=O)C1CCCN(c2ccc(Cl)cc2CO)C1. The summed E-state index contributed by atoms with van der Waals surface area (Å²) in [5.41, 5.74) is 1.78. The van der Waals surface area contributed by atoms with Crippen LogP contribution in [0.3, 0.4) is 0 Å². The molecule has 0 saturated carbocycles. The molecule has 5 heteroatoms. The number of rotatable bonds is 3. The number of hydrogen-bond donors (Lipinski definition) is 2. The maximum Gasteiger partial charge on any atom is 0.224 e. The van der Waals surface area contributed by atoms with E-state index in [0.29, 0.717) is 11.6 Å². The van der Waals surface area contributed by atoms with E-state index in [9.17, 15) is 9.90 Å². The normalized spacial score (nSPS) is 19.3. The van der Waals surface area contributed by atoms with Gasteiger partial charge in [-0.2, -0.15) is 0 Å². The number of nitrogens with one attached hydrogen (secondary N) is 1. The molecule has 4 nitrogen and oxygen atoms in total. The number of hydrogen-bond acceptors (Lipinski definition) is 3. The number of nitrogens with zero attached hydrogens (tertiary/aromatic N) is 1. The molecule has 1 saturated heterocycles. The van der Waals surface area contributed by atoms with Crippen LogP contribution < -0.4 is 10.2 Å². The van der Waals surface area contributed by atoms with Crippen LogP contribution in [0, 0.1) is 5.92 Å². The van der Waals surface area contributed by atoms with Crippen LogP contribution in [0.1, 0.15) is 18.4 Å². The standard InChI is InChI=1S/C14H19ClN2O2/c1-16-14(19)10-3-2-6-17(8-10)13-5-4-12(15)7-11(13)9-18/h4-5,7,10,18H,2-3,6,8-9H2,1H3,(H,16,19). The van der Waals surface area contributed by atoms with Crippen LogP contribution in [-0.2, 0) is 11.4 Å². The lowest BCUT2D eigenvalue weighted by Crippen LogP contribution is -2.42. The Labute approximate surface area is 118 Å². The maximum absolute atomic E-state index is 11.7. The highest BCUT2D eigenvalue weighted by Crippen LogP contribution is 2.28. The number of carbonyl (C=O) groups is 1. The molecule has 19 heavy (non-hydrogen) atoms. The zero-order chi connectivity index (χ0) is 13.8. The fraction of sp³-hybridized carbons (Fsp3) is 0.500. The number of anilines is 1. The van der Waals surface area contributed by atoms with Gasteiger partial charge in [0.25, 0.3) is 0 Å². The van der Waals surface area contributed by atoms with Gasteiger partial charge in [-0.1, -0.05) is 11.6 Å². The van der Waals surface area contributed by atoms with Crippen LogP contribution in [0.4, 0.5) is 5.69 Å². The molecule has 2 rings (SSSR count). The largest absolute Gasteiger partial charge is 0.392 e. The van der Waals surface area contributed by atoms with Crippen LogP contribution in [0.2, 0.25) is 5.02 Å². The summed E-state index contributed by atoms with van der Waals surface area (Å²) < 4.78 is 0. The highest BCUT2D eigenvalue weighted by atomic mass is 35.5. The molecule has 1 atom stereocenters. The first kappa shape index (κ1) is 14.2. The Balaban J connectivity index is 2.19. The summed E-state index contributed by atoms with van der Waals surface area (Å²) in [6.07, 6.45) is 1.89. The number of piperidine rings is 1. The number of carbonyl (C=O) groups excluding carboxylic acids is 1. The highest BCUT2D eigenvalue weighted by molar-refractivity contribution is 6.30. The van der Waals surface area contributed by atoms with Crippen molar-refractivity contribution >= 4 is 23.2 Å². The molecule has 1 unspecified atom stereocenters. The van der Waals surface area contributed by atoms with Gasteiger partial charge in [-0.05, 0) is 31.0 Å². The van der Waals surface area contributed by atoms with Crippen LogP contribution in [0.5, 0.6) is 0 Å². The lowest BCUT2D eigenvalue weighted by Gasteiger charge is -2.34. The Morgan fingerprint density at radius 3 is 3.05 bits per heavy atom. The number of amides is 1. The summed E-state index contributed by atoms with van der Waals surface area (Å²) in [4.78, 5) is 13.9. The molecule has 0 radical (unpaired) electrons. The first-order chi connectivity index (χ1) is 9.15. The van der Waals surface area contributed by atoms with E-state index >= 15 is 0 Å². The van der Waals surface area contributed by atoms with E-state index in [2.05, 4.69) is 10.2 Å². The van der Waals surface area contributed by atoms with Crippen molar-refractivity contribution in [2.24, 2.45) is 5.92 Å². The monoisotopic (exact) mass is 282 g/mol. The van der Waals surface area contributed by atoms with Crippen LogP contribution in [0.25, 0.3) is 0 Å². The topological polar surface area (TPSA) is 52.6 Å². The molecular weight excluding hydrogens is 264 g/mol. The van der Waals surface area contributed by atoms with Gasteiger partial charge in [0.15, 0.2) is 0 Å². The van der Waals surface area contributed by atoms with E-state index in [1.165, 1.54) is 0 Å². The van der Waals surface area contributed by atoms with Gasteiger partial charge in [0, 0.05) is 36.4 Å². The molecule has 0 aromatic heterocycles. The van der Waals surface area contributed by atoms with Crippen molar-refractivity contribution in [3.05, 3.63) is 28.8 Å². The fourth-order valence-corrected chi connectivity index (χ4v) is 2.80. The first-order valence-electron chi connectivity index (χ1n) is 6.51. The maximum atomic E-state index is 11.7. The lowest BCUT2D eigenvalue weighted by atomic mass is 9.96. The quantitative estimate of drug-likeness (QED) is 0.889. The number of aliphatic hydroxyl groups excluding tert-OH is 1. The van der Waals surface area contributed by atoms with Gasteiger partial charge in [-0.3, -0.25) is 4.79 Å². The van der Waals surface area contributed by atoms with Crippen LogP contribution in [0.15, 0.2) is 18.2 Å². The van der Waals surface area contributed by atoms with E-state index in [-0.39, 0.29) is 18.4 Å². The minimum Gasteiger partial charge on any atom is -0.392 e. The Morgan fingerprint density at radius 1 is 1.58 bits per heavy atom. The third-order valence-corrected chi connectivity index (χ3v) is 3.83. The van der Waals surface area contributed by atoms with E-state index in [1.807, 2.05) is 12.1 Å². The van der Waals surface area contributed by atoms with E-state index in [1.54, 1.807) is 13.1 Å². The zero-order valence-electron chi connectivity index (χ0n) is 11.0. The fourth-order valence-electron chi connectivity index (χ4n) is 2.60. The average Bonchev–Trinajstić information content (AvgIpc) is 2.46. The number of benzene rings is 1. The van der Waals surface area contributed by atoms with Crippen molar-refractivity contribution in [3.8, 4) is 0 Å². The van der Waals surface area contributed by atoms with Crippen LogP contribution >= 0.6 is 11.6 Å². The van der Waals surface area contributed by atoms with Gasteiger partial charge < -0.3 is 15.3 Å². The molecule has 104 valence electrons. The summed E-state index contributed by atoms with van der Waals surface area (Å²) in [5, 5.41) is 12.8. The molecule has 1 aromatic rings. The van der Waals surface area contributed by atoms with E-state index in [0.717, 1.165) is 30.6 Å².